The molecule has 0 heterocycles. The summed E-state index contributed by atoms with van der Waals surface area (Å²) in [6.45, 7) is 6.06. The minimum absolute atomic E-state index is 0.0246. The van der Waals surface area contributed by atoms with Crippen LogP contribution in [-0.2, 0) is 17.8 Å². The van der Waals surface area contributed by atoms with E-state index in [0.29, 0.717) is 35.1 Å². The molecule has 0 saturated heterocycles. The molecule has 0 bridgehead atoms. The number of carbonyl (C=O) groups is 1. The smallest absolute Gasteiger partial charge is 0.266 e. The SMILES string of the molecule is C=CCc1cc(/C=C(/C#N)C(=O)Nc2cccc(Cl)c2C)cc(Br)c1OCc1ccc(I)cc1. The lowest BCUT2D eigenvalue weighted by molar-refractivity contribution is -0.112. The standard InChI is InChI=1S/C27H21BrClIN2O2/c1-3-5-20-12-19(14-23(28)26(20)34-16-18-8-10-22(30)11-9-18)13-21(15-31)27(33)32-25-7-4-6-24(29)17(25)2/h3-4,6-14H,1,5,16H2,2H3,(H,32,33)/b21-13-. The van der Waals surface area contributed by atoms with Crippen molar-refractivity contribution in [2.75, 3.05) is 5.32 Å². The molecule has 0 aromatic heterocycles. The molecule has 0 saturated carbocycles. The predicted octanol–water partition coefficient (Wildman–Crippen LogP) is 7.87. The van der Waals surface area contributed by atoms with Crippen molar-refractivity contribution in [1.29, 1.82) is 5.26 Å². The molecule has 1 amide bonds. The van der Waals surface area contributed by atoms with Crippen LogP contribution in [0.3, 0.4) is 0 Å². The quantitative estimate of drug-likeness (QED) is 0.117. The molecule has 0 atom stereocenters. The predicted molar refractivity (Wildman–Crippen MR) is 150 cm³/mol. The largest absolute Gasteiger partial charge is 0.487 e. The van der Waals surface area contributed by atoms with Gasteiger partial charge < -0.3 is 10.1 Å². The zero-order valence-corrected chi connectivity index (χ0v) is 22.9. The number of anilines is 1. The molecule has 3 aromatic rings. The highest BCUT2D eigenvalue weighted by molar-refractivity contribution is 14.1. The molecule has 7 heteroatoms. The lowest BCUT2D eigenvalue weighted by Crippen LogP contribution is -2.14. The molecule has 0 aliphatic heterocycles. The summed E-state index contributed by atoms with van der Waals surface area (Å²) in [4.78, 5) is 12.8. The summed E-state index contributed by atoms with van der Waals surface area (Å²) < 4.78 is 8.00. The third-order valence-electron chi connectivity index (χ3n) is 5.00. The highest BCUT2D eigenvalue weighted by atomic mass is 127. The Bertz CT molecular complexity index is 1300. The van der Waals surface area contributed by atoms with Crippen LogP contribution in [0.25, 0.3) is 6.08 Å². The van der Waals surface area contributed by atoms with E-state index in [4.69, 9.17) is 16.3 Å². The fourth-order valence-corrected chi connectivity index (χ4v) is 4.38. The van der Waals surface area contributed by atoms with Crippen LogP contribution < -0.4 is 10.1 Å². The first-order valence-corrected chi connectivity index (χ1v) is 12.6. The zero-order chi connectivity index (χ0) is 24.7. The Hall–Kier alpha value is -2.60. The summed E-state index contributed by atoms with van der Waals surface area (Å²) in [5.41, 5.74) is 3.92. The van der Waals surface area contributed by atoms with Gasteiger partial charge in [0.2, 0.25) is 0 Å². The van der Waals surface area contributed by atoms with E-state index in [0.717, 1.165) is 24.7 Å². The maximum Gasteiger partial charge on any atom is 0.266 e. The molecule has 3 rings (SSSR count). The number of halogens is 3. The molecular weight excluding hydrogens is 627 g/mol. The van der Waals surface area contributed by atoms with E-state index in [1.807, 2.05) is 42.5 Å². The van der Waals surface area contributed by atoms with Crippen molar-refractivity contribution in [3.05, 3.63) is 108 Å². The van der Waals surface area contributed by atoms with Crippen molar-refractivity contribution in [3.8, 4) is 11.8 Å². The average molecular weight is 648 g/mol. The van der Waals surface area contributed by atoms with E-state index in [2.05, 4.69) is 50.4 Å². The third kappa shape index (κ3) is 6.72. The monoisotopic (exact) mass is 646 g/mol. The summed E-state index contributed by atoms with van der Waals surface area (Å²) in [5.74, 6) is 0.196. The molecule has 0 aliphatic rings. The van der Waals surface area contributed by atoms with Crippen molar-refractivity contribution in [1.82, 2.24) is 0 Å². The Morgan fingerprint density at radius 3 is 2.68 bits per heavy atom. The first kappa shape index (κ1) is 26.0. The van der Waals surface area contributed by atoms with Gasteiger partial charge in [-0.05, 0) is 117 Å². The Balaban J connectivity index is 1.86. The van der Waals surface area contributed by atoms with E-state index in [9.17, 15) is 10.1 Å². The van der Waals surface area contributed by atoms with E-state index in [1.165, 1.54) is 0 Å². The van der Waals surface area contributed by atoms with Gasteiger partial charge in [0.25, 0.3) is 5.91 Å². The van der Waals surface area contributed by atoms with Crippen LogP contribution in [-0.4, -0.2) is 5.91 Å². The van der Waals surface area contributed by atoms with Crippen LogP contribution in [0.4, 0.5) is 5.69 Å². The second-order valence-electron chi connectivity index (χ2n) is 7.44. The Labute approximate surface area is 226 Å². The number of benzene rings is 3. The third-order valence-corrected chi connectivity index (χ3v) is 6.71. The van der Waals surface area contributed by atoms with E-state index < -0.39 is 5.91 Å². The van der Waals surface area contributed by atoms with E-state index >= 15 is 0 Å². The van der Waals surface area contributed by atoms with Crippen LogP contribution in [0, 0.1) is 21.8 Å². The molecule has 4 nitrogen and oxygen atoms in total. The van der Waals surface area contributed by atoms with Crippen molar-refractivity contribution in [2.24, 2.45) is 0 Å². The number of hydrogen-bond acceptors (Lipinski definition) is 3. The van der Waals surface area contributed by atoms with Crippen LogP contribution >= 0.6 is 50.1 Å². The lowest BCUT2D eigenvalue weighted by Gasteiger charge is -2.14. The maximum atomic E-state index is 12.8. The summed E-state index contributed by atoms with van der Waals surface area (Å²) in [7, 11) is 0. The molecule has 34 heavy (non-hydrogen) atoms. The lowest BCUT2D eigenvalue weighted by atomic mass is 10.0. The summed E-state index contributed by atoms with van der Waals surface area (Å²) in [5, 5.41) is 12.9. The number of hydrogen-bond donors (Lipinski definition) is 1. The molecule has 1 N–H and O–H groups in total. The summed E-state index contributed by atoms with van der Waals surface area (Å²) >= 11 is 12.0. The second kappa shape index (κ2) is 12.2. The second-order valence-corrected chi connectivity index (χ2v) is 9.94. The highest BCUT2D eigenvalue weighted by Gasteiger charge is 2.14. The van der Waals surface area contributed by atoms with Gasteiger partial charge in [0.15, 0.2) is 0 Å². The van der Waals surface area contributed by atoms with Gasteiger partial charge in [-0.1, -0.05) is 35.9 Å². The van der Waals surface area contributed by atoms with Gasteiger partial charge >= 0.3 is 0 Å². The van der Waals surface area contributed by atoms with Crippen molar-refractivity contribution < 1.29 is 9.53 Å². The van der Waals surface area contributed by atoms with Gasteiger partial charge in [-0.3, -0.25) is 4.79 Å². The topological polar surface area (TPSA) is 62.1 Å². The molecule has 172 valence electrons. The molecule has 0 fully saturated rings. The Kier molecular flexibility index (Phi) is 9.34. The van der Waals surface area contributed by atoms with Crippen LogP contribution in [0.5, 0.6) is 5.75 Å². The van der Waals surface area contributed by atoms with Crippen LogP contribution in [0.15, 0.2) is 77.3 Å². The highest BCUT2D eigenvalue weighted by Crippen LogP contribution is 2.33. The van der Waals surface area contributed by atoms with Crippen molar-refractivity contribution in [3.63, 3.8) is 0 Å². The molecular formula is C27H21BrClIN2O2. The zero-order valence-electron chi connectivity index (χ0n) is 18.4. The Morgan fingerprint density at radius 1 is 1.26 bits per heavy atom. The first-order chi connectivity index (χ1) is 16.3. The number of rotatable bonds is 8. The first-order valence-electron chi connectivity index (χ1n) is 10.3. The number of amides is 1. The summed E-state index contributed by atoms with van der Waals surface area (Å²) in [6.07, 6.45) is 3.90. The minimum Gasteiger partial charge on any atom is -0.487 e. The van der Waals surface area contributed by atoms with E-state index in [-0.39, 0.29) is 5.57 Å². The van der Waals surface area contributed by atoms with Gasteiger partial charge in [0, 0.05) is 14.3 Å². The van der Waals surface area contributed by atoms with Crippen LogP contribution in [0.2, 0.25) is 5.02 Å². The number of ether oxygens (including phenoxy) is 1. The Morgan fingerprint density at radius 2 is 2.00 bits per heavy atom. The normalized spacial score (nSPS) is 11.0. The molecule has 0 unspecified atom stereocenters. The number of carbonyl (C=O) groups excluding carboxylic acids is 1. The number of allylic oxidation sites excluding steroid dienone is 1. The fourth-order valence-electron chi connectivity index (χ4n) is 3.21. The number of nitriles is 1. The number of nitrogens with one attached hydrogen (secondary N) is 1. The molecule has 0 spiro atoms. The number of nitrogens with zero attached hydrogens (tertiary/aromatic N) is 1. The molecule has 3 aromatic carbocycles. The van der Waals surface area contributed by atoms with Crippen molar-refractivity contribution >= 4 is 67.8 Å². The van der Waals surface area contributed by atoms with Gasteiger partial charge in [-0.15, -0.1) is 6.58 Å². The van der Waals surface area contributed by atoms with Crippen molar-refractivity contribution in [2.45, 2.75) is 20.0 Å². The van der Waals surface area contributed by atoms with Gasteiger partial charge in [0.1, 0.15) is 24.0 Å². The van der Waals surface area contributed by atoms with E-state index in [1.54, 1.807) is 37.3 Å². The molecule has 0 radical (unpaired) electrons. The van der Waals surface area contributed by atoms with Gasteiger partial charge in [0.05, 0.1) is 4.47 Å². The maximum absolute atomic E-state index is 12.8. The average Bonchev–Trinajstić information content (AvgIpc) is 2.81. The molecule has 0 aliphatic carbocycles. The van der Waals surface area contributed by atoms with Gasteiger partial charge in [-0.2, -0.15) is 5.26 Å². The fraction of sp³-hybridized carbons (Fsp3) is 0.111. The van der Waals surface area contributed by atoms with Crippen LogP contribution in [0.1, 0.15) is 22.3 Å². The van der Waals surface area contributed by atoms with Gasteiger partial charge in [-0.25, -0.2) is 0 Å². The minimum atomic E-state index is -0.506. The summed E-state index contributed by atoms with van der Waals surface area (Å²) in [6, 6.07) is 19.1.